The van der Waals surface area contributed by atoms with Crippen LogP contribution in [0.1, 0.15) is 33.1 Å². The van der Waals surface area contributed by atoms with Gasteiger partial charge in [-0.05, 0) is 0 Å². The van der Waals surface area contributed by atoms with Crippen LogP contribution in [0.4, 0.5) is 0 Å². The van der Waals surface area contributed by atoms with E-state index in [2.05, 4.69) is 31.6 Å². The molecule has 0 aromatic carbocycles. The average molecular weight is 166 g/mol. The van der Waals surface area contributed by atoms with Gasteiger partial charge in [0.1, 0.15) is 0 Å². The van der Waals surface area contributed by atoms with E-state index in [1.807, 2.05) is 0 Å². The van der Waals surface area contributed by atoms with Crippen LogP contribution in [0, 0.1) is 0 Å². The van der Waals surface area contributed by atoms with Crippen molar-refractivity contribution in [1.82, 2.24) is 0 Å². The molecule has 0 spiro atoms. The van der Waals surface area contributed by atoms with Crippen molar-refractivity contribution >= 4 is 17.7 Å². The Kier molecular flexibility index (Phi) is 10.0. The maximum atomic E-state index is 5.51. The van der Waals surface area contributed by atoms with Gasteiger partial charge in [0.05, 0.1) is 0 Å². The third-order valence-electron chi connectivity index (χ3n) is 1.54. The van der Waals surface area contributed by atoms with Crippen LogP contribution in [-0.4, -0.2) is 37.2 Å². The van der Waals surface area contributed by atoms with Crippen molar-refractivity contribution < 1.29 is 9.47 Å². The van der Waals surface area contributed by atoms with E-state index in [0.717, 1.165) is 37.6 Å². The van der Waals surface area contributed by atoms with Crippen molar-refractivity contribution in [2.24, 2.45) is 0 Å². The Bertz CT molecular complexity index is 80.6. The third kappa shape index (κ3) is 7.18. The van der Waals surface area contributed by atoms with Gasteiger partial charge >= 0.3 is 84.9 Å². The van der Waals surface area contributed by atoms with E-state index in [0.29, 0.717) is 0 Å². The van der Waals surface area contributed by atoms with Crippen LogP contribution in [-0.2, 0) is 9.47 Å². The monoisotopic (exact) mass is 166 g/mol. The molecule has 0 unspecified atom stereocenters. The van der Waals surface area contributed by atoms with Crippen LogP contribution >= 0.6 is 0 Å². The Morgan fingerprint density at radius 3 is 1.92 bits per heavy atom. The summed E-state index contributed by atoms with van der Waals surface area (Å²) in [4.78, 5) is 0. The van der Waals surface area contributed by atoms with Gasteiger partial charge in [-0.3, -0.25) is 0 Å². The molecule has 0 saturated carbocycles. The molecule has 0 amide bonds. The van der Waals surface area contributed by atoms with E-state index in [4.69, 9.17) is 9.47 Å². The molecule has 0 N–H and O–H groups in total. The molecule has 0 heterocycles. The second-order valence-corrected chi connectivity index (χ2v) is 2.96. The molecule has 0 saturated heterocycles. The van der Waals surface area contributed by atoms with Crippen molar-refractivity contribution in [1.29, 1.82) is 0 Å². The van der Waals surface area contributed by atoms with Crippen molar-refractivity contribution in [3.05, 3.63) is 0 Å². The molecule has 12 heavy (non-hydrogen) atoms. The van der Waals surface area contributed by atoms with Crippen LogP contribution < -0.4 is 0 Å². The summed E-state index contributed by atoms with van der Waals surface area (Å²) in [5.74, 6) is 0. The fourth-order valence-electron chi connectivity index (χ4n) is 0.949. The van der Waals surface area contributed by atoms with Crippen molar-refractivity contribution in [3.8, 4) is 0 Å². The molecule has 3 heteroatoms. The predicted octanol–water partition coefficient (Wildman–Crippen LogP) is 2.14. The summed E-state index contributed by atoms with van der Waals surface area (Å²) in [6.07, 6.45) is 3.18. The van der Waals surface area contributed by atoms with Crippen molar-refractivity contribution in [2.45, 2.75) is 44.5 Å². The predicted molar refractivity (Wildman–Crippen MR) is 51.5 cm³/mol. The van der Waals surface area contributed by atoms with E-state index in [9.17, 15) is 0 Å². The second-order valence-electron chi connectivity index (χ2n) is 2.96. The topological polar surface area (TPSA) is 18.5 Å². The fourth-order valence-corrected chi connectivity index (χ4v) is 0.949. The average Bonchev–Trinajstić information content (AvgIpc) is 2.10. The summed E-state index contributed by atoms with van der Waals surface area (Å²) in [7, 11) is 0. The van der Waals surface area contributed by atoms with Gasteiger partial charge in [-0.15, -0.1) is 0 Å². The molecule has 68 valence electrons. The van der Waals surface area contributed by atoms with Gasteiger partial charge in [0, 0.05) is 0 Å². The Morgan fingerprint density at radius 1 is 1.08 bits per heavy atom. The van der Waals surface area contributed by atoms with Gasteiger partial charge in [0.15, 0.2) is 0 Å². The van der Waals surface area contributed by atoms with Gasteiger partial charge < -0.3 is 0 Å². The summed E-state index contributed by atoms with van der Waals surface area (Å²) in [6, 6.07) is 0. The molecule has 0 aliphatic carbocycles. The summed E-state index contributed by atoms with van der Waals surface area (Å²) in [5.41, 5.74) is 0. The first-order chi connectivity index (χ1) is 5.85. The molecule has 0 radical (unpaired) electrons. The van der Waals surface area contributed by atoms with Crippen LogP contribution in [0.25, 0.3) is 0 Å². The first-order valence-electron chi connectivity index (χ1n) is 5.08. The molecular formula is C9H19LiO2. The summed E-state index contributed by atoms with van der Waals surface area (Å²) in [6.45, 7) is 5.86. The molecule has 0 aromatic heterocycles. The van der Waals surface area contributed by atoms with Gasteiger partial charge in [0.25, 0.3) is 0 Å². The number of rotatable bonds is 8. The minimum atomic E-state index is 0.0369. The van der Waals surface area contributed by atoms with Crippen molar-refractivity contribution in [3.63, 3.8) is 0 Å². The molecule has 2 nitrogen and oxygen atoms in total. The minimum absolute atomic E-state index is 0.0369. The zero-order valence-corrected chi connectivity index (χ0v) is 8.64. The van der Waals surface area contributed by atoms with Gasteiger partial charge in [-0.2, -0.15) is 0 Å². The van der Waals surface area contributed by atoms with E-state index in [-0.39, 0.29) is 6.29 Å². The summed E-state index contributed by atoms with van der Waals surface area (Å²) >= 11 is 2.15. The molecule has 0 atom stereocenters. The first-order valence-corrected chi connectivity index (χ1v) is 5.08. The van der Waals surface area contributed by atoms with E-state index in [1.54, 1.807) is 0 Å². The normalized spacial score (nSPS) is 11.1. The van der Waals surface area contributed by atoms with Crippen molar-refractivity contribution in [2.75, 3.05) is 13.2 Å². The quantitative estimate of drug-likeness (QED) is 0.406. The number of hydrogen-bond donors (Lipinski definition) is 0. The summed E-state index contributed by atoms with van der Waals surface area (Å²) in [5, 5.41) is 1.12. The second kappa shape index (κ2) is 9.60. The first kappa shape index (κ1) is 12.5. The standard InChI is InChI=1S/C9H19O2.Li/c1-4-7-10-9(6-3)11-8-5-2;/h9H,3-8H2,1-2H3;. The number of hydrogen-bond acceptors (Lipinski definition) is 2. The Morgan fingerprint density at radius 2 is 1.58 bits per heavy atom. The van der Waals surface area contributed by atoms with Crippen LogP contribution in [0.15, 0.2) is 0 Å². The Labute approximate surface area is 85.2 Å². The zero-order chi connectivity index (χ0) is 9.23. The summed E-state index contributed by atoms with van der Waals surface area (Å²) < 4.78 is 11.0. The van der Waals surface area contributed by atoms with E-state index in [1.165, 1.54) is 0 Å². The SMILES string of the molecule is [Li][CH2]CC(OCCC)OCCC. The van der Waals surface area contributed by atoms with Gasteiger partial charge in [-0.25, -0.2) is 0 Å². The van der Waals surface area contributed by atoms with Crippen LogP contribution in [0.2, 0.25) is 5.09 Å². The Hall–Kier alpha value is 0.517. The van der Waals surface area contributed by atoms with Gasteiger partial charge in [-0.1, -0.05) is 0 Å². The van der Waals surface area contributed by atoms with Gasteiger partial charge in [0.2, 0.25) is 0 Å². The van der Waals surface area contributed by atoms with Crippen LogP contribution in [0.3, 0.4) is 0 Å². The molecule has 0 aliphatic heterocycles. The van der Waals surface area contributed by atoms with E-state index < -0.39 is 0 Å². The molecular weight excluding hydrogens is 147 g/mol. The maximum absolute atomic E-state index is 5.51. The van der Waals surface area contributed by atoms with Crippen LogP contribution in [0.5, 0.6) is 0 Å². The molecule has 0 aliphatic rings. The zero-order valence-electron chi connectivity index (χ0n) is 8.64. The Balaban J connectivity index is 3.40. The third-order valence-corrected chi connectivity index (χ3v) is 1.54. The molecule has 0 bridgehead atoms. The molecule has 0 fully saturated rings. The van der Waals surface area contributed by atoms with E-state index >= 15 is 0 Å². The molecule has 0 aromatic rings. The molecule has 0 rings (SSSR count). The number of ether oxygens (including phenoxy) is 2. The fraction of sp³-hybridized carbons (Fsp3) is 1.00.